The van der Waals surface area contributed by atoms with Crippen LogP contribution in [0.3, 0.4) is 0 Å². The molecule has 1 aliphatic rings. The lowest BCUT2D eigenvalue weighted by molar-refractivity contribution is 0.0535. The highest BCUT2D eigenvalue weighted by molar-refractivity contribution is 5.95. The number of aromatic amines is 1. The third kappa shape index (κ3) is 1.84. The molecule has 102 valence electrons. The normalized spacial score (nSPS) is 13.2. The van der Waals surface area contributed by atoms with Gasteiger partial charge in [-0.3, -0.25) is 4.79 Å². The maximum Gasteiger partial charge on any atom is 0.338 e. The van der Waals surface area contributed by atoms with E-state index in [9.17, 15) is 9.59 Å². The molecule has 3 aromatic rings. The summed E-state index contributed by atoms with van der Waals surface area (Å²) in [6.45, 7) is 0.335. The summed E-state index contributed by atoms with van der Waals surface area (Å²) in [6, 6.07) is 13.5. The van der Waals surface area contributed by atoms with Crippen molar-refractivity contribution in [3.8, 4) is 11.1 Å². The van der Waals surface area contributed by atoms with Crippen molar-refractivity contribution >= 4 is 23.2 Å². The molecule has 4 heteroatoms. The summed E-state index contributed by atoms with van der Waals surface area (Å²) in [5, 5.41) is 1.00. The number of carbonyl (C=O) groups is 2. The van der Waals surface area contributed by atoms with Gasteiger partial charge < -0.3 is 9.72 Å². The molecule has 2 aromatic carbocycles. The van der Waals surface area contributed by atoms with Crippen LogP contribution in [0.25, 0.3) is 22.0 Å². The molecular weight excluding hydrogens is 266 g/mol. The lowest BCUT2D eigenvalue weighted by atomic mass is 10.00. The van der Waals surface area contributed by atoms with Gasteiger partial charge in [-0.25, -0.2) is 4.79 Å². The average Bonchev–Trinajstić information content (AvgIpc) is 3.09. The van der Waals surface area contributed by atoms with E-state index in [-0.39, 0.29) is 5.97 Å². The van der Waals surface area contributed by atoms with Crippen LogP contribution in [0.2, 0.25) is 0 Å². The number of H-pyrrole nitrogens is 1. The summed E-state index contributed by atoms with van der Waals surface area (Å²) < 4.78 is 5.02. The van der Waals surface area contributed by atoms with Gasteiger partial charge in [-0.05, 0) is 35.4 Å². The molecular formula is C17H11NO3. The predicted octanol–water partition coefficient (Wildman–Crippen LogP) is 3.32. The summed E-state index contributed by atoms with van der Waals surface area (Å²) in [5.41, 5.74) is 5.10. The van der Waals surface area contributed by atoms with Crippen LogP contribution in [0.5, 0.6) is 0 Å². The highest BCUT2D eigenvalue weighted by Crippen LogP contribution is 2.29. The molecule has 0 unspecified atom stereocenters. The number of esters is 1. The minimum atomic E-state index is -0.257. The van der Waals surface area contributed by atoms with Crippen molar-refractivity contribution in [2.75, 3.05) is 0 Å². The predicted molar refractivity (Wildman–Crippen MR) is 78.2 cm³/mol. The van der Waals surface area contributed by atoms with Crippen molar-refractivity contribution < 1.29 is 14.3 Å². The molecule has 0 aliphatic carbocycles. The third-order valence-corrected chi connectivity index (χ3v) is 3.79. The Bertz CT molecular complexity index is 892. The van der Waals surface area contributed by atoms with Crippen molar-refractivity contribution in [1.29, 1.82) is 0 Å². The van der Waals surface area contributed by atoms with Gasteiger partial charge in [-0.1, -0.05) is 18.2 Å². The van der Waals surface area contributed by atoms with Gasteiger partial charge in [0.05, 0.1) is 11.3 Å². The largest absolute Gasteiger partial charge is 0.457 e. The summed E-state index contributed by atoms with van der Waals surface area (Å²) in [5.74, 6) is -0.257. The Morgan fingerprint density at radius 2 is 1.86 bits per heavy atom. The fourth-order valence-corrected chi connectivity index (χ4v) is 2.71. The Labute approximate surface area is 120 Å². The first-order valence-corrected chi connectivity index (χ1v) is 6.63. The number of benzene rings is 2. The number of aldehydes is 1. The van der Waals surface area contributed by atoms with Crippen LogP contribution in [0.15, 0.2) is 42.5 Å². The highest BCUT2D eigenvalue weighted by atomic mass is 16.5. The Hall–Kier alpha value is -2.88. The first-order valence-electron chi connectivity index (χ1n) is 6.63. The second-order valence-electron chi connectivity index (χ2n) is 5.09. The lowest BCUT2D eigenvalue weighted by Gasteiger charge is -2.04. The molecule has 0 amide bonds. The van der Waals surface area contributed by atoms with Gasteiger partial charge in [0.25, 0.3) is 0 Å². The standard InChI is InChI=1S/C17H11NO3/c19-8-14-6-12-2-1-11(7-16(12)18-14)10-3-4-15-13(5-10)9-21-17(15)20/h1-8,18H,9H2. The minimum absolute atomic E-state index is 0.257. The summed E-state index contributed by atoms with van der Waals surface area (Å²) in [7, 11) is 0. The number of rotatable bonds is 2. The minimum Gasteiger partial charge on any atom is -0.457 e. The average molecular weight is 277 g/mol. The molecule has 1 N–H and O–H groups in total. The molecule has 0 atom stereocenters. The topological polar surface area (TPSA) is 59.2 Å². The summed E-state index contributed by atoms with van der Waals surface area (Å²) in [6.07, 6.45) is 0.804. The first kappa shape index (κ1) is 11.9. The van der Waals surface area contributed by atoms with E-state index in [0.717, 1.165) is 33.9 Å². The SMILES string of the molecule is O=Cc1cc2ccc(-c3ccc4c(c3)COC4=O)cc2[nH]1. The molecule has 0 fully saturated rings. The number of ether oxygens (including phenoxy) is 1. The molecule has 0 bridgehead atoms. The van der Waals surface area contributed by atoms with E-state index in [4.69, 9.17) is 4.74 Å². The molecule has 4 nitrogen and oxygen atoms in total. The van der Waals surface area contributed by atoms with E-state index < -0.39 is 0 Å². The van der Waals surface area contributed by atoms with E-state index in [2.05, 4.69) is 4.98 Å². The van der Waals surface area contributed by atoms with E-state index in [1.54, 1.807) is 6.07 Å². The van der Waals surface area contributed by atoms with Crippen LogP contribution >= 0.6 is 0 Å². The van der Waals surface area contributed by atoms with E-state index in [0.29, 0.717) is 17.9 Å². The van der Waals surface area contributed by atoms with Crippen molar-refractivity contribution in [3.05, 3.63) is 59.3 Å². The zero-order valence-corrected chi connectivity index (χ0v) is 11.1. The smallest absolute Gasteiger partial charge is 0.338 e. The molecule has 4 rings (SSSR count). The van der Waals surface area contributed by atoms with Crippen LogP contribution in [0, 0.1) is 0 Å². The Kier molecular flexibility index (Phi) is 2.44. The van der Waals surface area contributed by atoms with Crippen LogP contribution in [0.1, 0.15) is 26.4 Å². The van der Waals surface area contributed by atoms with Crippen molar-refractivity contribution in [2.45, 2.75) is 6.61 Å². The Morgan fingerprint density at radius 1 is 1.05 bits per heavy atom. The van der Waals surface area contributed by atoms with Gasteiger partial charge in [0.2, 0.25) is 0 Å². The molecule has 2 heterocycles. The van der Waals surface area contributed by atoms with Gasteiger partial charge >= 0.3 is 5.97 Å². The first-order chi connectivity index (χ1) is 10.2. The van der Waals surface area contributed by atoms with Crippen LogP contribution in [0.4, 0.5) is 0 Å². The molecule has 0 radical (unpaired) electrons. The number of fused-ring (bicyclic) bond motifs is 2. The molecule has 0 saturated carbocycles. The van der Waals surface area contributed by atoms with Crippen LogP contribution in [-0.2, 0) is 11.3 Å². The van der Waals surface area contributed by atoms with Gasteiger partial charge in [0.1, 0.15) is 6.61 Å². The fourth-order valence-electron chi connectivity index (χ4n) is 2.71. The number of cyclic esters (lactones) is 1. The summed E-state index contributed by atoms with van der Waals surface area (Å²) >= 11 is 0. The molecule has 21 heavy (non-hydrogen) atoms. The number of hydrogen-bond donors (Lipinski definition) is 1. The second kappa shape index (κ2) is 4.31. The van der Waals surface area contributed by atoms with Crippen molar-refractivity contribution in [1.82, 2.24) is 4.98 Å². The van der Waals surface area contributed by atoms with E-state index in [1.165, 1.54) is 0 Å². The molecule has 1 aromatic heterocycles. The molecule has 1 aliphatic heterocycles. The molecule has 0 spiro atoms. The monoisotopic (exact) mass is 277 g/mol. The van der Waals surface area contributed by atoms with E-state index >= 15 is 0 Å². The maximum absolute atomic E-state index is 11.5. The van der Waals surface area contributed by atoms with E-state index in [1.807, 2.05) is 36.4 Å². The second-order valence-corrected chi connectivity index (χ2v) is 5.09. The lowest BCUT2D eigenvalue weighted by Crippen LogP contribution is -1.92. The number of carbonyl (C=O) groups excluding carboxylic acids is 2. The zero-order valence-electron chi connectivity index (χ0n) is 11.1. The number of nitrogens with one attached hydrogen (secondary N) is 1. The van der Waals surface area contributed by atoms with Gasteiger partial charge in [0, 0.05) is 16.5 Å². The quantitative estimate of drug-likeness (QED) is 0.577. The zero-order chi connectivity index (χ0) is 14.4. The van der Waals surface area contributed by atoms with Gasteiger partial charge in [0.15, 0.2) is 6.29 Å². The fraction of sp³-hybridized carbons (Fsp3) is 0.0588. The van der Waals surface area contributed by atoms with Crippen molar-refractivity contribution in [3.63, 3.8) is 0 Å². The Balaban J connectivity index is 1.82. The van der Waals surface area contributed by atoms with Gasteiger partial charge in [-0.15, -0.1) is 0 Å². The number of aromatic nitrogens is 1. The van der Waals surface area contributed by atoms with Gasteiger partial charge in [-0.2, -0.15) is 0 Å². The van der Waals surface area contributed by atoms with Crippen molar-refractivity contribution in [2.24, 2.45) is 0 Å². The third-order valence-electron chi connectivity index (χ3n) is 3.79. The van der Waals surface area contributed by atoms with Crippen LogP contribution in [-0.4, -0.2) is 17.2 Å². The molecule has 0 saturated heterocycles. The summed E-state index contributed by atoms with van der Waals surface area (Å²) in [4.78, 5) is 25.3. The maximum atomic E-state index is 11.5. The number of hydrogen-bond acceptors (Lipinski definition) is 3. The van der Waals surface area contributed by atoms with Crippen LogP contribution < -0.4 is 0 Å². The highest BCUT2D eigenvalue weighted by Gasteiger charge is 2.21. The Morgan fingerprint density at radius 3 is 2.71 bits per heavy atom.